The predicted molar refractivity (Wildman–Crippen MR) is 54.6 cm³/mol. The summed E-state index contributed by atoms with van der Waals surface area (Å²) in [6.45, 7) is 1.48. The Morgan fingerprint density at radius 2 is 2.24 bits per heavy atom. The minimum Gasteiger partial charge on any atom is -0.335 e. The average molecular weight is 244 g/mol. The van der Waals surface area contributed by atoms with E-state index in [4.69, 9.17) is 0 Å². The van der Waals surface area contributed by atoms with E-state index in [1.165, 1.54) is 6.20 Å². The van der Waals surface area contributed by atoms with Crippen LogP contribution in [0.2, 0.25) is 0 Å². The monoisotopic (exact) mass is 244 g/mol. The summed E-state index contributed by atoms with van der Waals surface area (Å²) >= 11 is 0. The van der Waals surface area contributed by atoms with E-state index in [0.29, 0.717) is 12.6 Å². The Labute approximate surface area is 95.9 Å². The second-order valence-corrected chi connectivity index (χ2v) is 4.39. The van der Waals surface area contributed by atoms with E-state index in [-0.39, 0.29) is 12.0 Å². The molecule has 2 fully saturated rings. The van der Waals surface area contributed by atoms with Gasteiger partial charge in [0, 0.05) is 31.4 Å². The van der Waals surface area contributed by atoms with Gasteiger partial charge >= 0.3 is 6.18 Å². The van der Waals surface area contributed by atoms with Crippen LogP contribution in [0.15, 0.2) is 12.3 Å². The number of rotatable bonds is 1. The van der Waals surface area contributed by atoms with Gasteiger partial charge in [-0.15, -0.1) is 0 Å². The summed E-state index contributed by atoms with van der Waals surface area (Å²) in [6.07, 6.45) is -2.28. The van der Waals surface area contributed by atoms with Gasteiger partial charge in [0.1, 0.15) is 5.69 Å². The normalized spacial score (nSPS) is 27.8. The highest BCUT2D eigenvalue weighted by Gasteiger charge is 2.40. The molecular formula is C10H11F3N4. The number of piperazine rings is 1. The molecule has 3 heterocycles. The summed E-state index contributed by atoms with van der Waals surface area (Å²) in [6, 6.07) is 1.48. The van der Waals surface area contributed by atoms with Crippen LogP contribution >= 0.6 is 0 Å². The molecule has 1 N–H and O–H groups in total. The summed E-state index contributed by atoms with van der Waals surface area (Å²) in [5, 5.41) is 3.28. The zero-order chi connectivity index (χ0) is 12.0. The van der Waals surface area contributed by atoms with Gasteiger partial charge in [-0.1, -0.05) is 0 Å². The van der Waals surface area contributed by atoms with Gasteiger partial charge in [0.25, 0.3) is 0 Å². The van der Waals surface area contributed by atoms with Crippen molar-refractivity contribution in [1.82, 2.24) is 15.3 Å². The molecule has 1 aromatic rings. The Morgan fingerprint density at radius 1 is 1.41 bits per heavy atom. The van der Waals surface area contributed by atoms with Gasteiger partial charge in [-0.2, -0.15) is 13.2 Å². The van der Waals surface area contributed by atoms with E-state index in [1.807, 2.05) is 4.90 Å². The topological polar surface area (TPSA) is 41.1 Å². The molecule has 0 spiro atoms. The number of nitrogens with zero attached hydrogens (tertiary/aromatic N) is 3. The molecule has 0 aliphatic carbocycles. The van der Waals surface area contributed by atoms with Gasteiger partial charge in [0.05, 0.1) is 0 Å². The minimum atomic E-state index is -4.41. The molecule has 2 aliphatic rings. The maximum absolute atomic E-state index is 12.5. The summed E-state index contributed by atoms with van der Waals surface area (Å²) < 4.78 is 37.6. The van der Waals surface area contributed by atoms with Crippen molar-refractivity contribution in [1.29, 1.82) is 0 Å². The molecule has 1 aromatic heterocycles. The molecule has 2 unspecified atom stereocenters. The van der Waals surface area contributed by atoms with E-state index in [0.717, 1.165) is 19.0 Å². The van der Waals surface area contributed by atoms with Gasteiger partial charge in [-0.3, -0.25) is 0 Å². The number of aromatic nitrogens is 2. The molecule has 2 saturated heterocycles. The van der Waals surface area contributed by atoms with E-state index in [1.54, 1.807) is 0 Å². The first-order chi connectivity index (χ1) is 8.04. The first-order valence-corrected chi connectivity index (χ1v) is 5.44. The average Bonchev–Trinajstić information content (AvgIpc) is 2.89. The van der Waals surface area contributed by atoms with Crippen molar-refractivity contribution in [3.8, 4) is 0 Å². The molecule has 92 valence electrons. The number of nitrogens with one attached hydrogen (secondary N) is 1. The molecule has 2 bridgehead atoms. The number of anilines is 1. The molecular weight excluding hydrogens is 233 g/mol. The Bertz CT molecular complexity index is 434. The zero-order valence-corrected chi connectivity index (χ0v) is 8.91. The van der Waals surface area contributed by atoms with Crippen LogP contribution in [0.4, 0.5) is 19.1 Å². The highest BCUT2D eigenvalue weighted by Crippen LogP contribution is 2.31. The number of halogens is 3. The summed E-state index contributed by atoms with van der Waals surface area (Å²) in [7, 11) is 0. The summed E-state index contributed by atoms with van der Waals surface area (Å²) in [4.78, 5) is 9.41. The van der Waals surface area contributed by atoms with Crippen molar-refractivity contribution >= 4 is 5.95 Å². The van der Waals surface area contributed by atoms with E-state index in [2.05, 4.69) is 15.3 Å². The SMILES string of the molecule is FC(F)(F)c1ccnc(N2CC3CC2CN3)n1. The lowest BCUT2D eigenvalue weighted by molar-refractivity contribution is -0.141. The van der Waals surface area contributed by atoms with Crippen LogP contribution < -0.4 is 10.2 Å². The predicted octanol–water partition coefficient (Wildman–Crippen LogP) is 1.05. The van der Waals surface area contributed by atoms with E-state index < -0.39 is 11.9 Å². The Balaban J connectivity index is 1.89. The Kier molecular flexibility index (Phi) is 2.25. The van der Waals surface area contributed by atoms with Crippen molar-refractivity contribution in [2.45, 2.75) is 24.7 Å². The van der Waals surface area contributed by atoms with Gasteiger partial charge in [-0.05, 0) is 12.5 Å². The molecule has 0 aromatic carbocycles. The van der Waals surface area contributed by atoms with Crippen LogP contribution in [0.25, 0.3) is 0 Å². The summed E-state index contributed by atoms with van der Waals surface area (Å²) in [5.74, 6) is 0.189. The van der Waals surface area contributed by atoms with Crippen molar-refractivity contribution in [3.63, 3.8) is 0 Å². The van der Waals surface area contributed by atoms with E-state index >= 15 is 0 Å². The molecule has 2 aliphatic heterocycles. The van der Waals surface area contributed by atoms with Crippen LogP contribution in [0.3, 0.4) is 0 Å². The highest BCUT2D eigenvalue weighted by atomic mass is 19.4. The maximum atomic E-state index is 12.5. The van der Waals surface area contributed by atoms with Crippen LogP contribution in [0.5, 0.6) is 0 Å². The Hall–Kier alpha value is -1.37. The fourth-order valence-electron chi connectivity index (χ4n) is 2.45. The third kappa shape index (κ3) is 1.84. The fourth-order valence-corrected chi connectivity index (χ4v) is 2.45. The molecule has 7 heteroatoms. The number of alkyl halides is 3. The van der Waals surface area contributed by atoms with Crippen LogP contribution in [0, 0.1) is 0 Å². The van der Waals surface area contributed by atoms with E-state index in [9.17, 15) is 13.2 Å². The minimum absolute atomic E-state index is 0.189. The molecule has 0 amide bonds. The third-order valence-electron chi connectivity index (χ3n) is 3.25. The van der Waals surface area contributed by atoms with Gasteiger partial charge < -0.3 is 10.2 Å². The first-order valence-electron chi connectivity index (χ1n) is 5.44. The van der Waals surface area contributed by atoms with Crippen LogP contribution in [-0.2, 0) is 6.18 Å². The smallest absolute Gasteiger partial charge is 0.335 e. The second kappa shape index (κ2) is 3.56. The largest absolute Gasteiger partial charge is 0.433 e. The van der Waals surface area contributed by atoms with Crippen LogP contribution in [0.1, 0.15) is 12.1 Å². The first kappa shape index (κ1) is 10.8. The lowest BCUT2D eigenvalue weighted by Gasteiger charge is -2.27. The van der Waals surface area contributed by atoms with Crippen LogP contribution in [-0.4, -0.2) is 35.1 Å². The standard InChI is InChI=1S/C10H11F3N4/c11-10(12,13)8-1-2-14-9(16-8)17-5-6-3-7(17)4-15-6/h1-2,6-7,15H,3-5H2. The molecule has 3 rings (SSSR count). The lowest BCUT2D eigenvalue weighted by atomic mass is 10.2. The molecule has 4 nitrogen and oxygen atoms in total. The third-order valence-corrected chi connectivity index (χ3v) is 3.25. The molecule has 0 radical (unpaired) electrons. The Morgan fingerprint density at radius 3 is 2.82 bits per heavy atom. The van der Waals surface area contributed by atoms with Crippen molar-refractivity contribution in [3.05, 3.63) is 18.0 Å². The van der Waals surface area contributed by atoms with Gasteiger partial charge in [0.2, 0.25) is 5.95 Å². The van der Waals surface area contributed by atoms with Crippen molar-refractivity contribution in [2.24, 2.45) is 0 Å². The highest BCUT2D eigenvalue weighted by molar-refractivity contribution is 5.37. The maximum Gasteiger partial charge on any atom is 0.433 e. The zero-order valence-electron chi connectivity index (χ0n) is 8.91. The quantitative estimate of drug-likeness (QED) is 0.801. The van der Waals surface area contributed by atoms with Gasteiger partial charge in [0.15, 0.2) is 0 Å². The van der Waals surface area contributed by atoms with Gasteiger partial charge in [-0.25, -0.2) is 9.97 Å². The lowest BCUT2D eigenvalue weighted by Crippen LogP contribution is -2.44. The summed E-state index contributed by atoms with van der Waals surface area (Å²) in [5.41, 5.74) is -0.877. The second-order valence-electron chi connectivity index (χ2n) is 4.39. The number of hydrogen-bond donors (Lipinski definition) is 1. The van der Waals surface area contributed by atoms with Crippen molar-refractivity contribution < 1.29 is 13.2 Å². The number of hydrogen-bond acceptors (Lipinski definition) is 4. The molecule has 0 saturated carbocycles. The fraction of sp³-hybridized carbons (Fsp3) is 0.600. The van der Waals surface area contributed by atoms with Crippen molar-refractivity contribution in [2.75, 3.05) is 18.0 Å². The molecule has 2 atom stereocenters. The number of fused-ring (bicyclic) bond motifs is 2. The molecule has 17 heavy (non-hydrogen) atoms.